The molecule has 2 aromatic heterocycles. The molecule has 36 heavy (non-hydrogen) atoms. The van der Waals surface area contributed by atoms with Crippen LogP contribution < -0.4 is 16.0 Å². The zero-order valence-corrected chi connectivity index (χ0v) is 20.2. The quantitative estimate of drug-likeness (QED) is 0.429. The van der Waals surface area contributed by atoms with E-state index in [0.717, 1.165) is 49.4 Å². The van der Waals surface area contributed by atoms with Crippen molar-refractivity contribution in [1.29, 1.82) is 5.26 Å². The fraction of sp³-hybridized carbons (Fsp3) is 0.333. The van der Waals surface area contributed by atoms with Crippen molar-refractivity contribution in [1.82, 2.24) is 9.97 Å². The summed E-state index contributed by atoms with van der Waals surface area (Å²) in [4.78, 5) is 22.9. The molecular formula is C27H28F2N6O. The molecule has 1 saturated heterocycles. The van der Waals surface area contributed by atoms with Gasteiger partial charge in [-0.25, -0.2) is 18.7 Å². The Balaban J connectivity index is 1.75. The molecule has 3 heterocycles. The largest absolute Gasteiger partial charge is 0.357 e. The number of nitrogens with one attached hydrogen (secondary N) is 1. The first-order chi connectivity index (χ1) is 17.3. The van der Waals surface area contributed by atoms with Gasteiger partial charge < -0.3 is 16.0 Å². The SMILES string of the molecule is CC(C)C(N)c1c(-c2ccc(N3CCC(C#N)CC3)nc2)cc(C=O)nc1Nc1ccc(F)c(F)c1. The van der Waals surface area contributed by atoms with Gasteiger partial charge in [0.2, 0.25) is 0 Å². The molecule has 9 heteroatoms. The van der Waals surface area contributed by atoms with E-state index in [-0.39, 0.29) is 23.2 Å². The summed E-state index contributed by atoms with van der Waals surface area (Å²) in [5, 5.41) is 12.2. The Hall–Kier alpha value is -3.90. The molecule has 1 aliphatic rings. The summed E-state index contributed by atoms with van der Waals surface area (Å²) in [7, 11) is 0. The second kappa shape index (κ2) is 10.8. The molecule has 1 unspecified atom stereocenters. The van der Waals surface area contributed by atoms with Crippen LogP contribution in [0.2, 0.25) is 0 Å². The number of carbonyl (C=O) groups is 1. The first-order valence-corrected chi connectivity index (χ1v) is 11.9. The van der Waals surface area contributed by atoms with Crippen LogP contribution in [0, 0.1) is 34.8 Å². The van der Waals surface area contributed by atoms with E-state index >= 15 is 0 Å². The highest BCUT2D eigenvalue weighted by Crippen LogP contribution is 2.37. The number of hydrogen-bond acceptors (Lipinski definition) is 7. The third-order valence-electron chi connectivity index (χ3n) is 6.49. The van der Waals surface area contributed by atoms with Gasteiger partial charge in [0.25, 0.3) is 0 Å². The number of anilines is 3. The van der Waals surface area contributed by atoms with Gasteiger partial charge in [0, 0.05) is 54.1 Å². The molecule has 1 aliphatic heterocycles. The van der Waals surface area contributed by atoms with Crippen LogP contribution in [0.15, 0.2) is 42.6 Å². The number of carbonyl (C=O) groups excluding carboxylic acids is 1. The number of aromatic nitrogens is 2. The van der Waals surface area contributed by atoms with Crippen LogP contribution in [0.4, 0.5) is 26.1 Å². The number of pyridine rings is 2. The van der Waals surface area contributed by atoms with E-state index in [9.17, 15) is 13.6 Å². The van der Waals surface area contributed by atoms with E-state index < -0.39 is 17.7 Å². The van der Waals surface area contributed by atoms with Crippen LogP contribution >= 0.6 is 0 Å². The average molecular weight is 491 g/mol. The monoisotopic (exact) mass is 490 g/mol. The molecule has 0 aliphatic carbocycles. The van der Waals surface area contributed by atoms with Gasteiger partial charge in [-0.1, -0.05) is 13.8 Å². The summed E-state index contributed by atoms with van der Waals surface area (Å²) in [6.45, 7) is 5.47. The fourth-order valence-corrected chi connectivity index (χ4v) is 4.32. The molecule has 1 fully saturated rings. The maximum atomic E-state index is 13.8. The van der Waals surface area contributed by atoms with Crippen molar-refractivity contribution in [3.8, 4) is 17.2 Å². The Morgan fingerprint density at radius 2 is 1.92 bits per heavy atom. The topological polar surface area (TPSA) is 108 Å². The molecule has 0 bridgehead atoms. The molecule has 0 amide bonds. The highest BCUT2D eigenvalue weighted by atomic mass is 19.2. The van der Waals surface area contributed by atoms with Gasteiger partial charge in [-0.15, -0.1) is 0 Å². The number of aldehydes is 1. The molecule has 3 aromatic rings. The lowest BCUT2D eigenvalue weighted by molar-refractivity contribution is 0.111. The van der Waals surface area contributed by atoms with E-state index in [0.29, 0.717) is 23.2 Å². The van der Waals surface area contributed by atoms with Crippen molar-refractivity contribution in [2.45, 2.75) is 32.7 Å². The standard InChI is InChI=1S/C27H28F2N6O/c1-16(2)26(31)25-21(18-3-6-24(32-14-18)35-9-7-17(13-30)8-10-35)11-20(15-36)34-27(25)33-19-4-5-22(28)23(29)12-19/h3-6,11-12,14-17,26H,7-10,31H2,1-2H3,(H,33,34). The normalized spacial score (nSPS) is 15.0. The van der Waals surface area contributed by atoms with E-state index in [1.807, 2.05) is 26.0 Å². The molecular weight excluding hydrogens is 462 g/mol. The first kappa shape index (κ1) is 25.2. The number of hydrogen-bond donors (Lipinski definition) is 2. The smallest absolute Gasteiger partial charge is 0.168 e. The summed E-state index contributed by atoms with van der Waals surface area (Å²) in [6, 6.07) is 10.8. The number of benzene rings is 1. The number of piperidine rings is 1. The number of nitrogens with zero attached hydrogens (tertiary/aromatic N) is 4. The minimum absolute atomic E-state index is 0.0202. The predicted molar refractivity (Wildman–Crippen MR) is 135 cm³/mol. The van der Waals surface area contributed by atoms with Crippen LogP contribution in [0.3, 0.4) is 0 Å². The number of rotatable bonds is 7. The van der Waals surface area contributed by atoms with Crippen molar-refractivity contribution in [2.24, 2.45) is 17.6 Å². The molecule has 7 nitrogen and oxygen atoms in total. The Kier molecular flexibility index (Phi) is 7.55. The molecule has 186 valence electrons. The summed E-state index contributed by atoms with van der Waals surface area (Å²) in [6.07, 6.45) is 3.97. The number of nitrogens with two attached hydrogens (primary N) is 1. The van der Waals surface area contributed by atoms with Gasteiger partial charge in [-0.2, -0.15) is 5.26 Å². The van der Waals surface area contributed by atoms with E-state index in [2.05, 4.69) is 26.3 Å². The summed E-state index contributed by atoms with van der Waals surface area (Å²) < 4.78 is 27.3. The van der Waals surface area contributed by atoms with Crippen molar-refractivity contribution < 1.29 is 13.6 Å². The fourth-order valence-electron chi connectivity index (χ4n) is 4.32. The maximum Gasteiger partial charge on any atom is 0.168 e. The van der Waals surface area contributed by atoms with Crippen molar-refractivity contribution >= 4 is 23.6 Å². The molecule has 1 atom stereocenters. The first-order valence-electron chi connectivity index (χ1n) is 11.9. The second-order valence-electron chi connectivity index (χ2n) is 9.29. The number of halogens is 2. The lowest BCUT2D eigenvalue weighted by Gasteiger charge is -2.30. The van der Waals surface area contributed by atoms with Gasteiger partial charge in [-0.05, 0) is 54.7 Å². The van der Waals surface area contributed by atoms with E-state index in [4.69, 9.17) is 11.0 Å². The van der Waals surface area contributed by atoms with Crippen LogP contribution in [0.1, 0.15) is 48.8 Å². The van der Waals surface area contributed by atoms with Gasteiger partial charge >= 0.3 is 0 Å². The Morgan fingerprint density at radius 3 is 2.50 bits per heavy atom. The van der Waals surface area contributed by atoms with Crippen molar-refractivity contribution in [3.63, 3.8) is 0 Å². The zero-order chi connectivity index (χ0) is 25.8. The molecule has 0 spiro atoms. The molecule has 1 aromatic carbocycles. The Morgan fingerprint density at radius 1 is 1.17 bits per heavy atom. The second-order valence-corrected chi connectivity index (χ2v) is 9.29. The van der Waals surface area contributed by atoms with Gasteiger partial charge in [0.1, 0.15) is 17.3 Å². The predicted octanol–water partition coefficient (Wildman–Crippen LogP) is 5.37. The highest BCUT2D eigenvalue weighted by Gasteiger charge is 2.24. The van der Waals surface area contributed by atoms with Gasteiger partial charge in [-0.3, -0.25) is 4.79 Å². The third-order valence-corrected chi connectivity index (χ3v) is 6.49. The Bertz CT molecular complexity index is 1280. The summed E-state index contributed by atoms with van der Waals surface area (Å²) >= 11 is 0. The zero-order valence-electron chi connectivity index (χ0n) is 20.2. The maximum absolute atomic E-state index is 13.8. The van der Waals surface area contributed by atoms with Crippen molar-refractivity contribution in [2.75, 3.05) is 23.3 Å². The lowest BCUT2D eigenvalue weighted by atomic mass is 9.90. The van der Waals surface area contributed by atoms with E-state index in [1.165, 1.54) is 6.07 Å². The number of nitriles is 1. The van der Waals surface area contributed by atoms with E-state index in [1.54, 1.807) is 12.3 Å². The highest BCUT2D eigenvalue weighted by molar-refractivity contribution is 5.82. The van der Waals surface area contributed by atoms with Crippen LogP contribution in [-0.4, -0.2) is 29.3 Å². The molecule has 0 saturated carbocycles. The van der Waals surface area contributed by atoms with Gasteiger partial charge in [0.05, 0.1) is 6.07 Å². The van der Waals surface area contributed by atoms with Crippen molar-refractivity contribution in [3.05, 3.63) is 65.5 Å². The van der Waals surface area contributed by atoms with Gasteiger partial charge in [0.15, 0.2) is 17.9 Å². The minimum atomic E-state index is -1.000. The Labute approximate surface area is 209 Å². The lowest BCUT2D eigenvalue weighted by Crippen LogP contribution is -2.33. The molecule has 4 rings (SSSR count). The van der Waals surface area contributed by atoms with Crippen LogP contribution in [-0.2, 0) is 0 Å². The van der Waals surface area contributed by atoms with Crippen LogP contribution in [0.5, 0.6) is 0 Å². The minimum Gasteiger partial charge on any atom is -0.357 e. The average Bonchev–Trinajstić information content (AvgIpc) is 2.90. The summed E-state index contributed by atoms with van der Waals surface area (Å²) in [5.41, 5.74) is 9.11. The molecule has 3 N–H and O–H groups in total. The third kappa shape index (κ3) is 5.34. The summed E-state index contributed by atoms with van der Waals surface area (Å²) in [5.74, 6) is -0.747. The molecule has 0 radical (unpaired) electrons. The van der Waals surface area contributed by atoms with Crippen LogP contribution in [0.25, 0.3) is 11.1 Å².